The van der Waals surface area contributed by atoms with Gasteiger partial charge in [-0.05, 0) is 43.5 Å². The van der Waals surface area contributed by atoms with Crippen molar-refractivity contribution in [3.63, 3.8) is 0 Å². The third-order valence-corrected chi connectivity index (χ3v) is 5.30. The highest BCUT2D eigenvalue weighted by Gasteiger charge is 2.32. The van der Waals surface area contributed by atoms with E-state index >= 15 is 0 Å². The fraction of sp³-hybridized carbons (Fsp3) is 0.455. The number of benzene rings is 2. The van der Waals surface area contributed by atoms with E-state index in [1.165, 1.54) is 0 Å². The summed E-state index contributed by atoms with van der Waals surface area (Å²) in [4.78, 5) is 0. The minimum Gasteiger partial charge on any atom is -0.493 e. The number of ether oxygens (including phenoxy) is 4. The first-order valence-corrected chi connectivity index (χ1v) is 9.82. The quantitative estimate of drug-likeness (QED) is 0.797. The van der Waals surface area contributed by atoms with E-state index in [0.29, 0.717) is 31.1 Å². The lowest BCUT2D eigenvalue weighted by Gasteiger charge is -2.35. The van der Waals surface area contributed by atoms with Gasteiger partial charge < -0.3 is 29.4 Å². The summed E-state index contributed by atoms with van der Waals surface area (Å²) in [6, 6.07) is 15.5. The number of aliphatic hydroxyl groups is 1. The van der Waals surface area contributed by atoms with Gasteiger partial charge in [-0.3, -0.25) is 0 Å². The molecule has 0 amide bonds. The molecule has 0 radical (unpaired) electrons. The Bertz CT molecular complexity index is 783. The number of fused-ring (bicyclic) bond motifs is 1. The van der Waals surface area contributed by atoms with Crippen LogP contribution in [0.15, 0.2) is 48.5 Å². The summed E-state index contributed by atoms with van der Waals surface area (Å²) in [6.45, 7) is 1.21. The second kappa shape index (κ2) is 8.71. The van der Waals surface area contributed by atoms with Crippen molar-refractivity contribution < 1.29 is 24.1 Å². The predicted molar refractivity (Wildman–Crippen MR) is 105 cm³/mol. The monoisotopic (exact) mass is 385 g/mol. The van der Waals surface area contributed by atoms with Crippen LogP contribution in [0.25, 0.3) is 0 Å². The maximum Gasteiger partial charge on any atom is 0.161 e. The standard InChI is InChI=1S/C22H27NO5/c1-25-19-6-2-4-8-21(19)28-18-11-10-15(12-17(18)24)23-13-16-14-26-20-7-3-5-9-22(20)27-16/h2-9,15-18,23-24H,10-14H2,1H3/t15-,16-,17-,18-/m0/s1. The molecule has 0 saturated heterocycles. The van der Waals surface area contributed by atoms with Crippen LogP contribution in [0.1, 0.15) is 19.3 Å². The lowest BCUT2D eigenvalue weighted by molar-refractivity contribution is -0.00644. The molecule has 1 aliphatic carbocycles. The molecule has 0 aromatic heterocycles. The van der Waals surface area contributed by atoms with E-state index in [1.54, 1.807) is 7.11 Å². The van der Waals surface area contributed by atoms with Crippen LogP contribution in [-0.2, 0) is 0 Å². The van der Waals surface area contributed by atoms with E-state index in [1.807, 2.05) is 48.5 Å². The minimum absolute atomic E-state index is 0.0328. The van der Waals surface area contributed by atoms with Crippen LogP contribution in [0.3, 0.4) is 0 Å². The normalized spacial score (nSPS) is 26.5. The second-order valence-electron chi connectivity index (χ2n) is 7.29. The number of aliphatic hydroxyl groups excluding tert-OH is 1. The van der Waals surface area contributed by atoms with Crippen LogP contribution in [0.5, 0.6) is 23.0 Å². The Hall–Kier alpha value is -2.44. The zero-order valence-electron chi connectivity index (χ0n) is 16.0. The van der Waals surface area contributed by atoms with Crippen molar-refractivity contribution in [2.75, 3.05) is 20.3 Å². The average molecular weight is 385 g/mol. The molecule has 2 N–H and O–H groups in total. The van der Waals surface area contributed by atoms with Gasteiger partial charge in [-0.15, -0.1) is 0 Å². The maximum atomic E-state index is 10.6. The zero-order valence-corrected chi connectivity index (χ0v) is 16.0. The Labute approximate surface area is 165 Å². The van der Waals surface area contributed by atoms with Gasteiger partial charge in [0.2, 0.25) is 0 Å². The van der Waals surface area contributed by atoms with Crippen LogP contribution < -0.4 is 24.3 Å². The molecule has 0 unspecified atom stereocenters. The highest BCUT2D eigenvalue weighted by molar-refractivity contribution is 5.41. The summed E-state index contributed by atoms with van der Waals surface area (Å²) in [5, 5.41) is 14.1. The summed E-state index contributed by atoms with van der Waals surface area (Å²) < 4.78 is 23.1. The Morgan fingerprint density at radius 1 is 1.04 bits per heavy atom. The topological polar surface area (TPSA) is 69.2 Å². The molecule has 4 atom stereocenters. The van der Waals surface area contributed by atoms with Crippen LogP contribution >= 0.6 is 0 Å². The van der Waals surface area contributed by atoms with Gasteiger partial charge in [0, 0.05) is 12.6 Å². The number of methoxy groups -OCH3 is 1. The number of para-hydroxylation sites is 4. The van der Waals surface area contributed by atoms with E-state index in [9.17, 15) is 5.11 Å². The minimum atomic E-state index is -0.527. The van der Waals surface area contributed by atoms with Crippen molar-refractivity contribution in [1.29, 1.82) is 0 Å². The third-order valence-electron chi connectivity index (χ3n) is 5.30. The molecule has 150 valence electrons. The van der Waals surface area contributed by atoms with E-state index in [0.717, 1.165) is 24.3 Å². The second-order valence-corrected chi connectivity index (χ2v) is 7.29. The smallest absolute Gasteiger partial charge is 0.161 e. The molecule has 2 aromatic rings. The van der Waals surface area contributed by atoms with Crippen molar-refractivity contribution in [2.45, 2.75) is 43.6 Å². The van der Waals surface area contributed by atoms with Gasteiger partial charge >= 0.3 is 0 Å². The van der Waals surface area contributed by atoms with E-state index in [4.69, 9.17) is 18.9 Å². The van der Waals surface area contributed by atoms with Gasteiger partial charge in [0.05, 0.1) is 13.2 Å². The van der Waals surface area contributed by atoms with Gasteiger partial charge in [0.25, 0.3) is 0 Å². The molecular weight excluding hydrogens is 358 g/mol. The summed E-state index contributed by atoms with van der Waals surface area (Å²) in [7, 11) is 1.62. The number of hydrogen-bond acceptors (Lipinski definition) is 6. The summed E-state index contributed by atoms with van der Waals surface area (Å²) in [5.41, 5.74) is 0. The highest BCUT2D eigenvalue weighted by atomic mass is 16.6. The maximum absolute atomic E-state index is 10.6. The van der Waals surface area contributed by atoms with Gasteiger partial charge in [-0.2, -0.15) is 0 Å². The van der Waals surface area contributed by atoms with Crippen LogP contribution in [0.2, 0.25) is 0 Å². The zero-order chi connectivity index (χ0) is 19.3. The van der Waals surface area contributed by atoms with Crippen LogP contribution in [-0.4, -0.2) is 49.7 Å². The molecule has 6 heteroatoms. The summed E-state index contributed by atoms with van der Waals surface area (Å²) >= 11 is 0. The van der Waals surface area contributed by atoms with Crippen molar-refractivity contribution in [2.24, 2.45) is 0 Å². The number of hydrogen-bond donors (Lipinski definition) is 2. The molecule has 6 nitrogen and oxygen atoms in total. The van der Waals surface area contributed by atoms with Crippen molar-refractivity contribution in [3.05, 3.63) is 48.5 Å². The van der Waals surface area contributed by atoms with Crippen molar-refractivity contribution in [1.82, 2.24) is 5.32 Å². The van der Waals surface area contributed by atoms with Crippen LogP contribution in [0.4, 0.5) is 0 Å². The Morgan fingerprint density at radius 2 is 1.79 bits per heavy atom. The van der Waals surface area contributed by atoms with E-state index in [-0.39, 0.29) is 18.2 Å². The fourth-order valence-electron chi connectivity index (χ4n) is 3.78. The van der Waals surface area contributed by atoms with Gasteiger partial charge in [-0.25, -0.2) is 0 Å². The van der Waals surface area contributed by atoms with Crippen molar-refractivity contribution >= 4 is 0 Å². The molecule has 0 bridgehead atoms. The van der Waals surface area contributed by atoms with Gasteiger partial charge in [-0.1, -0.05) is 24.3 Å². The molecule has 2 aromatic carbocycles. The van der Waals surface area contributed by atoms with Gasteiger partial charge in [0.15, 0.2) is 23.0 Å². The predicted octanol–water partition coefficient (Wildman–Crippen LogP) is 2.79. The Morgan fingerprint density at radius 3 is 2.57 bits per heavy atom. The fourth-order valence-corrected chi connectivity index (χ4v) is 3.78. The molecular formula is C22H27NO5. The molecule has 1 fully saturated rings. The lowest BCUT2D eigenvalue weighted by atomic mass is 9.90. The summed E-state index contributed by atoms with van der Waals surface area (Å²) in [5.74, 6) is 2.94. The Balaban J connectivity index is 1.26. The number of nitrogens with one attached hydrogen (secondary N) is 1. The molecule has 0 spiro atoms. The summed E-state index contributed by atoms with van der Waals surface area (Å²) in [6.07, 6.45) is 1.57. The highest BCUT2D eigenvalue weighted by Crippen LogP contribution is 2.32. The van der Waals surface area contributed by atoms with E-state index < -0.39 is 6.10 Å². The molecule has 2 aliphatic rings. The molecule has 4 rings (SSSR count). The molecule has 1 heterocycles. The number of rotatable bonds is 6. The SMILES string of the molecule is COc1ccccc1O[C@H]1CC[C@H](NC[C@H]2COc3ccccc3O2)C[C@@H]1O. The first-order valence-electron chi connectivity index (χ1n) is 9.82. The Kier molecular flexibility index (Phi) is 5.88. The van der Waals surface area contributed by atoms with Gasteiger partial charge in [0.1, 0.15) is 18.8 Å². The third kappa shape index (κ3) is 4.34. The van der Waals surface area contributed by atoms with Crippen LogP contribution in [0, 0.1) is 0 Å². The molecule has 1 saturated carbocycles. The first-order chi connectivity index (χ1) is 13.7. The molecule has 1 aliphatic heterocycles. The molecule has 28 heavy (non-hydrogen) atoms. The lowest BCUT2D eigenvalue weighted by Crippen LogP contribution is -2.48. The average Bonchev–Trinajstić information content (AvgIpc) is 2.74. The first kappa shape index (κ1) is 18.9. The largest absolute Gasteiger partial charge is 0.493 e. The van der Waals surface area contributed by atoms with E-state index in [2.05, 4.69) is 5.32 Å². The van der Waals surface area contributed by atoms with Crippen molar-refractivity contribution in [3.8, 4) is 23.0 Å².